The Hall–Kier alpha value is -1.16. The fourth-order valence-electron chi connectivity index (χ4n) is 1.98. The Labute approximate surface area is 90.3 Å². The van der Waals surface area contributed by atoms with E-state index in [-0.39, 0.29) is 0 Å². The minimum atomic E-state index is 0.294. The molecule has 1 aromatic rings. The van der Waals surface area contributed by atoms with Crippen LogP contribution in [-0.2, 0) is 4.74 Å². The molecular weight excluding hydrogens is 190 g/mol. The van der Waals surface area contributed by atoms with Crippen LogP contribution in [0.1, 0.15) is 13.3 Å². The maximum atomic E-state index is 5.46. The highest BCUT2D eigenvalue weighted by atomic mass is 16.5. The molecule has 1 aliphatic heterocycles. The molecule has 2 heterocycles. The van der Waals surface area contributed by atoms with Crippen molar-refractivity contribution in [2.24, 2.45) is 5.92 Å². The van der Waals surface area contributed by atoms with Crippen LogP contribution in [0.5, 0.6) is 0 Å². The number of hydrogen-bond donors (Lipinski definition) is 0. The molecule has 2 unspecified atom stereocenters. The highest BCUT2D eigenvalue weighted by Crippen LogP contribution is 2.21. The molecule has 1 saturated heterocycles. The van der Waals surface area contributed by atoms with Gasteiger partial charge in [0, 0.05) is 32.6 Å². The van der Waals surface area contributed by atoms with Gasteiger partial charge in [-0.25, -0.2) is 9.97 Å². The average Bonchev–Trinajstić information content (AvgIpc) is 2.31. The second-order valence-corrected chi connectivity index (χ2v) is 4.03. The third-order valence-corrected chi connectivity index (χ3v) is 3.03. The minimum absolute atomic E-state index is 0.294. The number of ether oxygens (including phenoxy) is 1. The van der Waals surface area contributed by atoms with Gasteiger partial charge < -0.3 is 9.64 Å². The molecule has 2 rings (SSSR count). The molecule has 0 radical (unpaired) electrons. The van der Waals surface area contributed by atoms with Crippen molar-refractivity contribution >= 4 is 5.95 Å². The molecule has 15 heavy (non-hydrogen) atoms. The lowest BCUT2D eigenvalue weighted by molar-refractivity contribution is 0.0494. The summed E-state index contributed by atoms with van der Waals surface area (Å²) in [5, 5.41) is 0. The predicted molar refractivity (Wildman–Crippen MR) is 58.8 cm³/mol. The molecule has 0 saturated carbocycles. The normalized spacial score (nSPS) is 26.7. The van der Waals surface area contributed by atoms with Crippen LogP contribution in [0.4, 0.5) is 5.95 Å². The summed E-state index contributed by atoms with van der Waals surface area (Å²) in [5.74, 6) is 1.43. The Morgan fingerprint density at radius 3 is 2.80 bits per heavy atom. The molecule has 0 aromatic carbocycles. The van der Waals surface area contributed by atoms with Crippen molar-refractivity contribution in [3.05, 3.63) is 18.5 Å². The quantitative estimate of drug-likeness (QED) is 0.733. The predicted octanol–water partition coefficient (Wildman–Crippen LogP) is 1.34. The molecule has 1 aliphatic rings. The van der Waals surface area contributed by atoms with E-state index in [1.54, 1.807) is 19.5 Å². The number of nitrogens with zero attached hydrogens (tertiary/aromatic N) is 3. The Bertz CT molecular complexity index is 304. The first-order valence-electron chi connectivity index (χ1n) is 5.36. The number of hydrogen-bond acceptors (Lipinski definition) is 4. The van der Waals surface area contributed by atoms with Gasteiger partial charge in [-0.3, -0.25) is 0 Å². The Balaban J connectivity index is 2.06. The van der Waals surface area contributed by atoms with Gasteiger partial charge in [0.15, 0.2) is 0 Å². The molecule has 0 N–H and O–H groups in total. The van der Waals surface area contributed by atoms with Crippen molar-refractivity contribution in [2.75, 3.05) is 25.1 Å². The number of anilines is 1. The van der Waals surface area contributed by atoms with Crippen molar-refractivity contribution in [3.63, 3.8) is 0 Å². The third kappa shape index (κ3) is 2.26. The molecule has 0 bridgehead atoms. The lowest BCUT2D eigenvalue weighted by Crippen LogP contribution is -2.44. The van der Waals surface area contributed by atoms with Gasteiger partial charge in [0.2, 0.25) is 5.95 Å². The SMILES string of the molecule is COC1CN(c2ncccn2)CCC1C. The summed E-state index contributed by atoms with van der Waals surface area (Å²) >= 11 is 0. The molecule has 1 aromatic heterocycles. The van der Waals surface area contributed by atoms with E-state index in [0.29, 0.717) is 12.0 Å². The largest absolute Gasteiger partial charge is 0.379 e. The second-order valence-electron chi connectivity index (χ2n) is 4.03. The number of methoxy groups -OCH3 is 1. The van der Waals surface area contributed by atoms with Crippen molar-refractivity contribution < 1.29 is 4.74 Å². The topological polar surface area (TPSA) is 38.2 Å². The number of aromatic nitrogens is 2. The lowest BCUT2D eigenvalue weighted by Gasteiger charge is -2.36. The van der Waals surface area contributed by atoms with E-state index in [1.165, 1.54) is 0 Å². The third-order valence-electron chi connectivity index (χ3n) is 3.03. The summed E-state index contributed by atoms with van der Waals surface area (Å²) < 4.78 is 5.46. The fourth-order valence-corrected chi connectivity index (χ4v) is 1.98. The molecule has 0 spiro atoms. The van der Waals surface area contributed by atoms with E-state index in [1.807, 2.05) is 6.07 Å². The van der Waals surface area contributed by atoms with Gasteiger partial charge in [0.25, 0.3) is 0 Å². The zero-order valence-corrected chi connectivity index (χ0v) is 9.26. The van der Waals surface area contributed by atoms with E-state index < -0.39 is 0 Å². The van der Waals surface area contributed by atoms with Crippen LogP contribution in [0.15, 0.2) is 18.5 Å². The molecular formula is C11H17N3O. The number of piperidine rings is 1. The van der Waals surface area contributed by atoms with E-state index in [2.05, 4.69) is 21.8 Å². The average molecular weight is 207 g/mol. The highest BCUT2D eigenvalue weighted by Gasteiger charge is 2.26. The molecule has 0 amide bonds. The van der Waals surface area contributed by atoms with Crippen LogP contribution in [0, 0.1) is 5.92 Å². The van der Waals surface area contributed by atoms with Crippen LogP contribution in [0.2, 0.25) is 0 Å². The van der Waals surface area contributed by atoms with Gasteiger partial charge in [0.1, 0.15) is 0 Å². The van der Waals surface area contributed by atoms with Gasteiger partial charge in [-0.2, -0.15) is 0 Å². The van der Waals surface area contributed by atoms with E-state index in [9.17, 15) is 0 Å². The summed E-state index contributed by atoms with van der Waals surface area (Å²) in [6.07, 6.45) is 4.99. The zero-order chi connectivity index (χ0) is 10.7. The Kier molecular flexibility index (Phi) is 3.16. The monoisotopic (exact) mass is 207 g/mol. The standard InChI is InChI=1S/C11H17N3O/c1-9-4-7-14(8-10(9)15-2)11-12-5-3-6-13-11/h3,5-6,9-10H,4,7-8H2,1-2H3. The van der Waals surface area contributed by atoms with E-state index >= 15 is 0 Å². The summed E-state index contributed by atoms with van der Waals surface area (Å²) in [5.41, 5.74) is 0. The second kappa shape index (κ2) is 4.57. The van der Waals surface area contributed by atoms with Crippen LogP contribution in [0.25, 0.3) is 0 Å². The Morgan fingerprint density at radius 1 is 1.40 bits per heavy atom. The smallest absolute Gasteiger partial charge is 0.225 e. The molecule has 4 nitrogen and oxygen atoms in total. The molecule has 4 heteroatoms. The van der Waals surface area contributed by atoms with Gasteiger partial charge in [-0.15, -0.1) is 0 Å². The first-order valence-corrected chi connectivity index (χ1v) is 5.36. The van der Waals surface area contributed by atoms with E-state index in [4.69, 9.17) is 4.74 Å². The van der Waals surface area contributed by atoms with Crippen molar-refractivity contribution in [1.82, 2.24) is 9.97 Å². The summed E-state index contributed by atoms with van der Waals surface area (Å²) in [4.78, 5) is 10.7. The molecule has 2 atom stereocenters. The van der Waals surface area contributed by atoms with Gasteiger partial charge >= 0.3 is 0 Å². The maximum Gasteiger partial charge on any atom is 0.225 e. The summed E-state index contributed by atoms with van der Waals surface area (Å²) in [6.45, 7) is 4.14. The van der Waals surface area contributed by atoms with Crippen LogP contribution in [-0.4, -0.2) is 36.3 Å². The molecule has 0 aliphatic carbocycles. The fraction of sp³-hybridized carbons (Fsp3) is 0.636. The first kappa shape index (κ1) is 10.4. The van der Waals surface area contributed by atoms with E-state index in [0.717, 1.165) is 25.5 Å². The molecule has 82 valence electrons. The van der Waals surface area contributed by atoms with Gasteiger partial charge in [-0.05, 0) is 18.4 Å². The number of rotatable bonds is 2. The van der Waals surface area contributed by atoms with Gasteiger partial charge in [-0.1, -0.05) is 6.92 Å². The first-order chi connectivity index (χ1) is 7.31. The lowest BCUT2D eigenvalue weighted by atomic mass is 9.96. The van der Waals surface area contributed by atoms with Crippen LogP contribution in [0.3, 0.4) is 0 Å². The Morgan fingerprint density at radius 2 is 2.13 bits per heavy atom. The maximum absolute atomic E-state index is 5.46. The molecule has 1 fully saturated rings. The summed E-state index contributed by atoms with van der Waals surface area (Å²) in [7, 11) is 1.77. The van der Waals surface area contributed by atoms with Crippen LogP contribution < -0.4 is 4.90 Å². The van der Waals surface area contributed by atoms with Crippen molar-refractivity contribution in [2.45, 2.75) is 19.4 Å². The zero-order valence-electron chi connectivity index (χ0n) is 9.26. The summed E-state index contributed by atoms with van der Waals surface area (Å²) in [6, 6.07) is 1.84. The van der Waals surface area contributed by atoms with Crippen molar-refractivity contribution in [1.29, 1.82) is 0 Å². The highest BCUT2D eigenvalue weighted by molar-refractivity contribution is 5.29. The minimum Gasteiger partial charge on any atom is -0.379 e. The van der Waals surface area contributed by atoms with Gasteiger partial charge in [0.05, 0.1) is 6.10 Å². The van der Waals surface area contributed by atoms with Crippen molar-refractivity contribution in [3.8, 4) is 0 Å². The van der Waals surface area contributed by atoms with Crippen LogP contribution >= 0.6 is 0 Å².